The molecular formula is C27H31N5O3S. The third-order valence-electron chi connectivity index (χ3n) is 6.61. The maximum Gasteiger partial charge on any atom is 0.269 e. The highest BCUT2D eigenvalue weighted by Crippen LogP contribution is 2.30. The summed E-state index contributed by atoms with van der Waals surface area (Å²) in [6.45, 7) is 9.68. The molecular weight excluding hydrogens is 474 g/mol. The highest BCUT2D eigenvalue weighted by molar-refractivity contribution is 7.92. The molecule has 1 aromatic heterocycles. The number of benzene rings is 2. The molecule has 8 nitrogen and oxygen atoms in total. The monoisotopic (exact) mass is 505 g/mol. The SMILES string of the molecule is CCCN1CCN2C[C@@H](C1)Oc1cc(-c3c(C)cccc3C)nc(n1)N[S+]([O-])c1cccc(c1)C2=O. The molecule has 6 bridgehead atoms. The summed E-state index contributed by atoms with van der Waals surface area (Å²) < 4.78 is 22.6. The Morgan fingerprint density at radius 2 is 1.86 bits per heavy atom. The van der Waals surface area contributed by atoms with Crippen molar-refractivity contribution in [3.63, 3.8) is 0 Å². The molecule has 1 unspecified atom stereocenters. The third-order valence-corrected chi connectivity index (χ3v) is 7.66. The number of nitrogens with zero attached hydrogens (tertiary/aromatic N) is 4. The lowest BCUT2D eigenvalue weighted by Crippen LogP contribution is -2.40. The summed E-state index contributed by atoms with van der Waals surface area (Å²) in [5.41, 5.74) is 4.37. The van der Waals surface area contributed by atoms with Gasteiger partial charge in [-0.2, -0.15) is 9.71 Å². The molecule has 0 saturated carbocycles. The number of aryl methyl sites for hydroxylation is 2. The Labute approximate surface area is 215 Å². The molecule has 2 aliphatic heterocycles. The predicted octanol–water partition coefficient (Wildman–Crippen LogP) is 3.82. The van der Waals surface area contributed by atoms with Gasteiger partial charge in [-0.05, 0) is 50.1 Å². The molecule has 2 aromatic carbocycles. The summed E-state index contributed by atoms with van der Waals surface area (Å²) in [6.07, 6.45) is 0.748. The molecule has 1 fully saturated rings. The molecule has 1 saturated heterocycles. The molecule has 1 N–H and O–H groups in total. The summed E-state index contributed by atoms with van der Waals surface area (Å²) in [5, 5.41) is 0. The number of hydrogen-bond acceptors (Lipinski definition) is 7. The Morgan fingerprint density at radius 1 is 1.08 bits per heavy atom. The van der Waals surface area contributed by atoms with Gasteiger partial charge in [-0.25, -0.2) is 4.98 Å². The van der Waals surface area contributed by atoms with Crippen LogP contribution in [0.5, 0.6) is 5.88 Å². The van der Waals surface area contributed by atoms with E-state index >= 15 is 0 Å². The first-order chi connectivity index (χ1) is 17.4. The number of hydrogen-bond donors (Lipinski definition) is 1. The second kappa shape index (κ2) is 10.5. The van der Waals surface area contributed by atoms with Crippen molar-refractivity contribution in [3.8, 4) is 17.1 Å². The van der Waals surface area contributed by atoms with E-state index in [1.165, 1.54) is 0 Å². The number of aromatic nitrogens is 2. The summed E-state index contributed by atoms with van der Waals surface area (Å²) in [4.78, 5) is 27.4. The van der Waals surface area contributed by atoms with E-state index in [0.29, 0.717) is 41.7 Å². The molecule has 188 valence electrons. The van der Waals surface area contributed by atoms with Gasteiger partial charge in [-0.15, -0.1) is 0 Å². The fraction of sp³-hybridized carbons (Fsp3) is 0.370. The van der Waals surface area contributed by atoms with E-state index in [9.17, 15) is 9.35 Å². The first-order valence-electron chi connectivity index (χ1n) is 12.3. The smallest absolute Gasteiger partial charge is 0.269 e. The Kier molecular flexibility index (Phi) is 7.13. The van der Waals surface area contributed by atoms with Crippen molar-refractivity contribution in [2.75, 3.05) is 37.4 Å². The Hall–Kier alpha value is -3.14. The van der Waals surface area contributed by atoms with E-state index in [1.54, 1.807) is 24.3 Å². The summed E-state index contributed by atoms with van der Waals surface area (Å²) >= 11 is -1.66. The predicted molar refractivity (Wildman–Crippen MR) is 140 cm³/mol. The molecule has 2 aliphatic rings. The molecule has 1 amide bonds. The standard InChI is InChI=1S/C27H31N5O3S/c1-4-11-31-12-13-32-17-21(16-31)35-24-15-23(25-18(2)7-5-8-19(25)3)28-27(29-24)30-36(34)22-10-6-9-20(14-22)26(32)33/h5-10,14-15,21H,4,11-13,16-17H2,1-3H3,(H,28,29,30)/t21-,36?/m1/s1. The number of ether oxygens (including phenoxy) is 1. The van der Waals surface area contributed by atoms with Crippen LogP contribution in [0.2, 0.25) is 0 Å². The van der Waals surface area contributed by atoms with E-state index in [2.05, 4.69) is 21.5 Å². The van der Waals surface area contributed by atoms with E-state index in [1.807, 2.05) is 43.0 Å². The second-order valence-corrected chi connectivity index (χ2v) is 10.6. The number of anilines is 1. The van der Waals surface area contributed by atoms with Crippen LogP contribution in [0, 0.1) is 13.8 Å². The molecule has 0 aliphatic carbocycles. The van der Waals surface area contributed by atoms with Gasteiger partial charge >= 0.3 is 0 Å². The van der Waals surface area contributed by atoms with Gasteiger partial charge in [0.05, 0.1) is 12.2 Å². The van der Waals surface area contributed by atoms with Gasteiger partial charge in [0.2, 0.25) is 5.88 Å². The molecule has 2 atom stereocenters. The number of carbonyl (C=O) groups is 1. The van der Waals surface area contributed by atoms with E-state index in [-0.39, 0.29) is 18.0 Å². The van der Waals surface area contributed by atoms with Crippen molar-refractivity contribution in [2.45, 2.75) is 38.2 Å². The van der Waals surface area contributed by atoms with Crippen LogP contribution in [0.1, 0.15) is 34.8 Å². The fourth-order valence-electron chi connectivity index (χ4n) is 4.93. The van der Waals surface area contributed by atoms with Gasteiger partial charge in [0.1, 0.15) is 17.5 Å². The number of fused-ring (bicyclic) bond motifs is 6. The number of carbonyl (C=O) groups excluding carboxylic acids is 1. The first kappa shape index (κ1) is 24.5. The lowest BCUT2D eigenvalue weighted by molar-refractivity contribution is 0.0690. The van der Waals surface area contributed by atoms with E-state index < -0.39 is 11.4 Å². The fourth-order valence-corrected chi connectivity index (χ4v) is 5.74. The molecule has 3 heterocycles. The zero-order valence-electron chi connectivity index (χ0n) is 20.9. The summed E-state index contributed by atoms with van der Waals surface area (Å²) in [7, 11) is 0. The van der Waals surface area contributed by atoms with E-state index in [4.69, 9.17) is 9.72 Å². The lowest BCUT2D eigenvalue weighted by atomic mass is 10.00. The molecule has 0 spiro atoms. The number of rotatable bonds is 3. The maximum atomic E-state index is 13.5. The van der Waals surface area contributed by atoms with Crippen LogP contribution in [-0.2, 0) is 11.4 Å². The molecule has 36 heavy (non-hydrogen) atoms. The first-order valence-corrected chi connectivity index (χ1v) is 13.5. The van der Waals surface area contributed by atoms with Gasteiger partial charge in [-0.3, -0.25) is 9.69 Å². The van der Waals surface area contributed by atoms with Crippen molar-refractivity contribution in [2.24, 2.45) is 0 Å². The lowest BCUT2D eigenvalue weighted by Gasteiger charge is -2.25. The normalized spacial score (nSPS) is 20.3. The molecule has 5 rings (SSSR count). The average Bonchev–Trinajstić information content (AvgIpc) is 3.05. The Balaban J connectivity index is 1.62. The maximum absolute atomic E-state index is 13.5. The minimum Gasteiger partial charge on any atom is -0.588 e. The van der Waals surface area contributed by atoms with Crippen LogP contribution in [0.4, 0.5) is 5.95 Å². The van der Waals surface area contributed by atoms with Gasteiger partial charge in [-0.1, -0.05) is 31.2 Å². The van der Waals surface area contributed by atoms with Gasteiger partial charge in [0, 0.05) is 42.9 Å². The summed E-state index contributed by atoms with van der Waals surface area (Å²) in [5.74, 6) is 0.522. The van der Waals surface area contributed by atoms with Gasteiger partial charge < -0.3 is 14.2 Å². The zero-order chi connectivity index (χ0) is 25.2. The highest BCUT2D eigenvalue weighted by Gasteiger charge is 2.29. The molecule has 3 aromatic rings. The van der Waals surface area contributed by atoms with Gasteiger partial charge in [0.25, 0.3) is 11.9 Å². The summed E-state index contributed by atoms with van der Waals surface area (Å²) in [6, 6.07) is 14.9. The Morgan fingerprint density at radius 3 is 2.64 bits per heavy atom. The average molecular weight is 506 g/mol. The topological polar surface area (TPSA) is 93.7 Å². The van der Waals surface area contributed by atoms with Crippen LogP contribution in [0.3, 0.4) is 0 Å². The number of nitrogens with one attached hydrogen (secondary N) is 1. The largest absolute Gasteiger partial charge is 0.588 e. The van der Waals surface area contributed by atoms with Crippen molar-refractivity contribution in [3.05, 3.63) is 65.2 Å². The zero-order valence-corrected chi connectivity index (χ0v) is 21.7. The minimum absolute atomic E-state index is 0.0888. The van der Waals surface area contributed by atoms with Crippen LogP contribution in [0.25, 0.3) is 11.3 Å². The number of amides is 1. The van der Waals surface area contributed by atoms with E-state index in [0.717, 1.165) is 36.2 Å². The second-order valence-electron chi connectivity index (χ2n) is 9.37. The van der Waals surface area contributed by atoms with Crippen LogP contribution >= 0.6 is 0 Å². The molecule has 0 radical (unpaired) electrons. The van der Waals surface area contributed by atoms with Crippen LogP contribution in [-0.4, -0.2) is 69.1 Å². The van der Waals surface area contributed by atoms with Crippen molar-refractivity contribution in [1.29, 1.82) is 0 Å². The van der Waals surface area contributed by atoms with Crippen LogP contribution in [0.15, 0.2) is 53.4 Å². The minimum atomic E-state index is -1.66. The Bertz CT molecular complexity index is 1250. The van der Waals surface area contributed by atoms with Crippen molar-refractivity contribution in [1.82, 2.24) is 19.8 Å². The van der Waals surface area contributed by atoms with Crippen LogP contribution < -0.4 is 9.46 Å². The van der Waals surface area contributed by atoms with Crippen molar-refractivity contribution < 1.29 is 14.1 Å². The quantitative estimate of drug-likeness (QED) is 0.541. The molecule has 9 heteroatoms. The van der Waals surface area contributed by atoms with Gasteiger partial charge in [0.15, 0.2) is 4.90 Å². The van der Waals surface area contributed by atoms with Crippen molar-refractivity contribution >= 4 is 23.2 Å². The third kappa shape index (κ3) is 5.18. The highest BCUT2D eigenvalue weighted by atomic mass is 32.2.